The summed E-state index contributed by atoms with van der Waals surface area (Å²) in [6.07, 6.45) is 10.3. The summed E-state index contributed by atoms with van der Waals surface area (Å²) in [7, 11) is 2.33. The van der Waals surface area contributed by atoms with Crippen LogP contribution in [0.5, 0.6) is 0 Å². The van der Waals surface area contributed by atoms with Crippen molar-refractivity contribution in [3.8, 4) is 0 Å². The molecule has 1 aliphatic heterocycles. The number of hydroxylamine groups is 2. The number of unbranched alkanes of at least 4 members (excludes halogenated alkanes) is 3. The maximum atomic E-state index is 6.10. The highest BCUT2D eigenvalue weighted by molar-refractivity contribution is 5.07. The van der Waals surface area contributed by atoms with E-state index in [9.17, 15) is 0 Å². The molecule has 0 radical (unpaired) electrons. The van der Waals surface area contributed by atoms with E-state index in [2.05, 4.69) is 58.6 Å². The van der Waals surface area contributed by atoms with Gasteiger partial charge in [-0.05, 0) is 87.1 Å². The molecule has 0 aromatic rings. The van der Waals surface area contributed by atoms with Crippen LogP contribution in [0.1, 0.15) is 92.9 Å². The van der Waals surface area contributed by atoms with Crippen LogP contribution in [-0.2, 0) is 14.3 Å². The van der Waals surface area contributed by atoms with E-state index in [1.807, 2.05) is 0 Å². The predicted molar refractivity (Wildman–Crippen MR) is 123 cm³/mol. The zero-order valence-electron chi connectivity index (χ0n) is 20.8. The van der Waals surface area contributed by atoms with E-state index in [0.717, 1.165) is 51.2 Å². The highest BCUT2D eigenvalue weighted by Gasteiger charge is 2.55. The van der Waals surface area contributed by atoms with Crippen LogP contribution < -0.4 is 0 Å². The van der Waals surface area contributed by atoms with E-state index in [4.69, 9.17) is 14.3 Å². The minimum absolute atomic E-state index is 0.00706. The fourth-order valence-corrected chi connectivity index (χ4v) is 5.17. The van der Waals surface area contributed by atoms with E-state index >= 15 is 0 Å². The van der Waals surface area contributed by atoms with Crippen molar-refractivity contribution in [1.82, 2.24) is 9.96 Å². The number of rotatable bonds is 11. The zero-order valence-corrected chi connectivity index (χ0v) is 20.8. The van der Waals surface area contributed by atoms with Crippen molar-refractivity contribution in [3.05, 3.63) is 0 Å². The van der Waals surface area contributed by atoms with Gasteiger partial charge in [0.25, 0.3) is 0 Å². The van der Waals surface area contributed by atoms with Gasteiger partial charge in [0.15, 0.2) is 0 Å². The Morgan fingerprint density at radius 1 is 0.833 bits per heavy atom. The summed E-state index contributed by atoms with van der Waals surface area (Å²) < 4.78 is 11.9. The van der Waals surface area contributed by atoms with Crippen molar-refractivity contribution in [3.63, 3.8) is 0 Å². The molecule has 0 bridgehead atoms. The van der Waals surface area contributed by atoms with Gasteiger partial charge in [0.05, 0.1) is 23.9 Å². The molecule has 1 spiro atoms. The van der Waals surface area contributed by atoms with Gasteiger partial charge in [0.1, 0.15) is 0 Å². The Morgan fingerprint density at radius 2 is 1.43 bits per heavy atom. The zero-order chi connectivity index (χ0) is 22.0. The van der Waals surface area contributed by atoms with Crippen LogP contribution >= 0.6 is 0 Å². The third-order valence-corrected chi connectivity index (χ3v) is 6.95. The molecule has 0 aromatic carbocycles. The molecule has 0 aromatic heterocycles. The maximum Gasteiger partial charge on any atom is 0.0685 e. The summed E-state index contributed by atoms with van der Waals surface area (Å²) in [5.41, 5.74) is 0.534. The Bertz CT molecular complexity index is 519. The van der Waals surface area contributed by atoms with Gasteiger partial charge >= 0.3 is 0 Å². The number of hydrogen-bond donors (Lipinski definition) is 0. The first kappa shape index (κ1) is 24.4. The molecule has 0 unspecified atom stereocenters. The maximum absolute atomic E-state index is 6.10. The minimum Gasteiger partial charge on any atom is -0.376 e. The third-order valence-electron chi connectivity index (χ3n) is 6.95. The summed E-state index contributed by atoms with van der Waals surface area (Å²) in [5, 5.41) is 2.20. The van der Waals surface area contributed by atoms with Gasteiger partial charge < -0.3 is 14.4 Å². The van der Waals surface area contributed by atoms with Gasteiger partial charge in [-0.2, -0.15) is 5.06 Å². The molecule has 3 aliphatic rings. The average molecular weight is 425 g/mol. The quantitative estimate of drug-likeness (QED) is 0.434. The van der Waals surface area contributed by atoms with Crippen LogP contribution in [0.2, 0.25) is 0 Å². The van der Waals surface area contributed by atoms with E-state index < -0.39 is 0 Å². The van der Waals surface area contributed by atoms with Gasteiger partial charge in [0.2, 0.25) is 0 Å². The Kier molecular flexibility index (Phi) is 7.94. The average Bonchev–Trinajstić information content (AvgIpc) is 2.50. The summed E-state index contributed by atoms with van der Waals surface area (Å²) in [5.74, 6) is 0. The first-order valence-corrected chi connectivity index (χ1v) is 12.4. The summed E-state index contributed by atoms with van der Waals surface area (Å²) in [4.78, 5) is 8.62. The molecule has 3 fully saturated rings. The molecule has 5 heteroatoms. The van der Waals surface area contributed by atoms with E-state index in [0.29, 0.717) is 11.5 Å². The van der Waals surface area contributed by atoms with Gasteiger partial charge in [-0.15, -0.1) is 0 Å². The largest absolute Gasteiger partial charge is 0.376 e. The highest BCUT2D eigenvalue weighted by atomic mass is 16.7. The Balaban J connectivity index is 1.17. The topological polar surface area (TPSA) is 34.2 Å². The fourth-order valence-electron chi connectivity index (χ4n) is 5.17. The van der Waals surface area contributed by atoms with Crippen molar-refractivity contribution < 1.29 is 14.3 Å². The van der Waals surface area contributed by atoms with Crippen molar-refractivity contribution in [2.45, 2.75) is 122 Å². The molecular formula is C25H48N2O3. The number of hydrogen-bond acceptors (Lipinski definition) is 5. The Hall–Kier alpha value is -0.200. The molecule has 176 valence electrons. The second kappa shape index (κ2) is 9.74. The van der Waals surface area contributed by atoms with Crippen LogP contribution in [-0.4, -0.2) is 72.7 Å². The Morgan fingerprint density at radius 3 is 2.00 bits per heavy atom. The van der Waals surface area contributed by atoms with E-state index in [-0.39, 0.29) is 11.2 Å². The number of nitrogens with zero attached hydrogens (tertiary/aromatic N) is 2. The smallest absolute Gasteiger partial charge is 0.0685 e. The van der Waals surface area contributed by atoms with E-state index in [1.165, 1.54) is 38.5 Å². The van der Waals surface area contributed by atoms with Crippen LogP contribution in [0.3, 0.4) is 0 Å². The molecular weight excluding hydrogens is 376 g/mol. The summed E-state index contributed by atoms with van der Waals surface area (Å²) >= 11 is 0. The fraction of sp³-hybridized carbons (Fsp3) is 1.00. The summed E-state index contributed by atoms with van der Waals surface area (Å²) in [6.45, 7) is 16.9. The summed E-state index contributed by atoms with van der Waals surface area (Å²) in [6, 6.07) is 1.49. The van der Waals surface area contributed by atoms with Gasteiger partial charge in [-0.1, -0.05) is 12.8 Å². The van der Waals surface area contributed by atoms with Crippen LogP contribution in [0, 0.1) is 5.41 Å². The minimum atomic E-state index is -0.00913. The molecule has 1 saturated heterocycles. The lowest BCUT2D eigenvalue weighted by Gasteiger charge is -2.61. The van der Waals surface area contributed by atoms with Crippen LogP contribution in [0.25, 0.3) is 0 Å². The normalized spacial score (nSPS) is 27.2. The monoisotopic (exact) mass is 424 g/mol. The van der Waals surface area contributed by atoms with Crippen molar-refractivity contribution >= 4 is 0 Å². The second-order valence-electron chi connectivity index (χ2n) is 12.2. The predicted octanol–water partition coefficient (Wildman–Crippen LogP) is 5.04. The van der Waals surface area contributed by atoms with Crippen molar-refractivity contribution in [1.29, 1.82) is 0 Å². The lowest BCUT2D eigenvalue weighted by molar-refractivity contribution is -0.278. The first-order valence-electron chi connectivity index (χ1n) is 12.4. The molecule has 2 saturated carbocycles. The van der Waals surface area contributed by atoms with Crippen molar-refractivity contribution in [2.75, 3.05) is 33.4 Å². The molecule has 0 amide bonds. The van der Waals surface area contributed by atoms with Crippen LogP contribution in [0.4, 0.5) is 0 Å². The third kappa shape index (κ3) is 7.16. The molecule has 30 heavy (non-hydrogen) atoms. The molecule has 2 aliphatic carbocycles. The van der Waals surface area contributed by atoms with Gasteiger partial charge in [-0.3, -0.25) is 4.84 Å². The lowest BCUT2D eigenvalue weighted by Crippen LogP contribution is -2.67. The number of ether oxygens (including phenoxy) is 2. The standard InChI is InChI=1S/C25H48N2O3/c1-23(2,3)28-12-10-8-9-11-13-29-27-18-25(19-27)16-21(17-25)26(7)20-14-22(15-20)30-24(4,5)6/h20-22H,8-19H2,1-7H3. The molecule has 0 atom stereocenters. The Labute approximate surface area is 185 Å². The second-order valence-corrected chi connectivity index (χ2v) is 12.2. The lowest BCUT2D eigenvalue weighted by atomic mass is 9.60. The van der Waals surface area contributed by atoms with Gasteiger partial charge in [0, 0.05) is 37.2 Å². The van der Waals surface area contributed by atoms with Crippen molar-refractivity contribution in [2.24, 2.45) is 5.41 Å². The molecule has 0 N–H and O–H groups in total. The first-order chi connectivity index (χ1) is 13.9. The molecule has 5 nitrogen and oxygen atoms in total. The molecule has 1 heterocycles. The SMILES string of the molecule is CN(C1CC(OC(C)(C)C)C1)C1CC2(C1)CN(OCCCCCCOC(C)(C)C)C2. The van der Waals surface area contributed by atoms with Gasteiger partial charge in [-0.25, -0.2) is 0 Å². The molecule has 3 rings (SSSR count). The van der Waals surface area contributed by atoms with Crippen LogP contribution in [0.15, 0.2) is 0 Å². The highest BCUT2D eigenvalue weighted by Crippen LogP contribution is 2.51. The van der Waals surface area contributed by atoms with E-state index in [1.54, 1.807) is 0 Å².